The quantitative estimate of drug-likeness (QED) is 0.878. The van der Waals surface area contributed by atoms with Crippen molar-refractivity contribution in [1.82, 2.24) is 19.9 Å². The molecule has 0 amide bonds. The number of rotatable bonds is 6. The fourth-order valence-electron chi connectivity index (χ4n) is 1.97. The van der Waals surface area contributed by atoms with Gasteiger partial charge in [-0.3, -0.25) is 4.98 Å². The van der Waals surface area contributed by atoms with E-state index in [0.29, 0.717) is 6.61 Å². The van der Waals surface area contributed by atoms with Gasteiger partial charge in [-0.05, 0) is 43.6 Å². The van der Waals surface area contributed by atoms with Crippen molar-refractivity contribution in [2.45, 2.75) is 26.3 Å². The lowest BCUT2D eigenvalue weighted by Gasteiger charge is -2.16. The van der Waals surface area contributed by atoms with E-state index in [4.69, 9.17) is 4.74 Å². The van der Waals surface area contributed by atoms with Gasteiger partial charge in [0.25, 0.3) is 0 Å². The summed E-state index contributed by atoms with van der Waals surface area (Å²) in [5.74, 6) is 0.788. The third kappa shape index (κ3) is 3.08. The second-order valence-electron chi connectivity index (χ2n) is 4.05. The Labute approximate surface area is 117 Å². The Morgan fingerprint density at radius 3 is 2.89 bits per heavy atom. The largest absolute Gasteiger partial charge is 0.492 e. The van der Waals surface area contributed by atoms with Crippen LogP contribution >= 0.6 is 11.5 Å². The van der Waals surface area contributed by atoms with Gasteiger partial charge < -0.3 is 10.1 Å². The molecule has 6 heteroatoms. The monoisotopic (exact) mass is 278 g/mol. The predicted octanol–water partition coefficient (Wildman–Crippen LogP) is 2.20. The molecule has 0 bridgehead atoms. The van der Waals surface area contributed by atoms with Gasteiger partial charge in [-0.1, -0.05) is 11.4 Å². The van der Waals surface area contributed by atoms with Crippen LogP contribution in [-0.2, 0) is 6.42 Å². The molecule has 0 aromatic carbocycles. The molecule has 1 atom stereocenters. The Balaban J connectivity index is 2.34. The first kappa shape index (κ1) is 13.9. The Morgan fingerprint density at radius 1 is 1.37 bits per heavy atom. The fourth-order valence-corrected chi connectivity index (χ4v) is 2.85. The van der Waals surface area contributed by atoms with E-state index < -0.39 is 0 Å². The van der Waals surface area contributed by atoms with Crippen LogP contribution in [0.1, 0.15) is 36.0 Å². The van der Waals surface area contributed by atoms with Crippen LogP contribution in [0.4, 0.5) is 0 Å². The van der Waals surface area contributed by atoms with E-state index in [1.807, 2.05) is 26.2 Å². The number of pyridine rings is 1. The number of aryl methyl sites for hydroxylation is 1. The second kappa shape index (κ2) is 6.58. The van der Waals surface area contributed by atoms with E-state index in [1.54, 1.807) is 6.20 Å². The number of hydrogen-bond acceptors (Lipinski definition) is 6. The standard InChI is InChI=1S/C13H18N4OS/c1-4-11-13(19-17-16-11)12(14-3)9-6-10(18-5-2)8-15-7-9/h6-8,12,14H,4-5H2,1-3H3. The first-order chi connectivity index (χ1) is 9.30. The molecule has 2 heterocycles. The lowest BCUT2D eigenvalue weighted by molar-refractivity contribution is 0.338. The molecule has 0 aliphatic carbocycles. The molecule has 5 nitrogen and oxygen atoms in total. The fraction of sp³-hybridized carbons (Fsp3) is 0.462. The number of nitrogens with zero attached hydrogens (tertiary/aromatic N) is 3. The van der Waals surface area contributed by atoms with Crippen LogP contribution in [0.5, 0.6) is 5.75 Å². The minimum Gasteiger partial charge on any atom is -0.492 e. The van der Waals surface area contributed by atoms with Crippen molar-refractivity contribution in [3.63, 3.8) is 0 Å². The van der Waals surface area contributed by atoms with Gasteiger partial charge in [0, 0.05) is 6.20 Å². The van der Waals surface area contributed by atoms with Gasteiger partial charge in [0.1, 0.15) is 5.75 Å². The predicted molar refractivity (Wildman–Crippen MR) is 75.6 cm³/mol. The SMILES string of the molecule is CCOc1cncc(C(NC)c2snnc2CC)c1. The van der Waals surface area contributed by atoms with Crippen LogP contribution in [0.2, 0.25) is 0 Å². The summed E-state index contributed by atoms with van der Waals surface area (Å²) in [6.07, 6.45) is 4.46. The van der Waals surface area contributed by atoms with Crippen molar-refractivity contribution in [3.8, 4) is 5.75 Å². The maximum absolute atomic E-state index is 5.50. The summed E-state index contributed by atoms with van der Waals surface area (Å²) in [7, 11) is 1.93. The summed E-state index contributed by atoms with van der Waals surface area (Å²) >= 11 is 1.43. The zero-order chi connectivity index (χ0) is 13.7. The van der Waals surface area contributed by atoms with Crippen LogP contribution in [0, 0.1) is 0 Å². The molecule has 2 aromatic rings. The maximum Gasteiger partial charge on any atom is 0.137 e. The van der Waals surface area contributed by atoms with E-state index in [-0.39, 0.29) is 6.04 Å². The molecule has 0 saturated heterocycles. The first-order valence-corrected chi connectivity index (χ1v) is 7.13. The van der Waals surface area contributed by atoms with Gasteiger partial charge in [-0.2, -0.15) is 0 Å². The lowest BCUT2D eigenvalue weighted by atomic mass is 10.1. The van der Waals surface area contributed by atoms with Crippen LogP contribution in [-0.4, -0.2) is 28.2 Å². The molecule has 0 radical (unpaired) electrons. The van der Waals surface area contributed by atoms with E-state index >= 15 is 0 Å². The summed E-state index contributed by atoms with van der Waals surface area (Å²) in [4.78, 5) is 5.38. The molecule has 0 fully saturated rings. The van der Waals surface area contributed by atoms with Gasteiger partial charge in [0.15, 0.2) is 0 Å². The van der Waals surface area contributed by atoms with E-state index in [0.717, 1.165) is 28.3 Å². The molecule has 1 N–H and O–H groups in total. The van der Waals surface area contributed by atoms with Crippen LogP contribution in [0.3, 0.4) is 0 Å². The zero-order valence-electron chi connectivity index (χ0n) is 11.4. The van der Waals surface area contributed by atoms with E-state index in [1.165, 1.54) is 11.5 Å². The molecule has 0 saturated carbocycles. The normalized spacial score (nSPS) is 12.4. The minimum atomic E-state index is 0.0582. The van der Waals surface area contributed by atoms with Gasteiger partial charge >= 0.3 is 0 Å². The van der Waals surface area contributed by atoms with Crippen molar-refractivity contribution < 1.29 is 4.74 Å². The Morgan fingerprint density at radius 2 is 2.21 bits per heavy atom. The molecule has 0 spiro atoms. The second-order valence-corrected chi connectivity index (χ2v) is 4.83. The molecule has 0 aliphatic rings. The summed E-state index contributed by atoms with van der Waals surface area (Å²) in [6, 6.07) is 2.07. The average Bonchev–Trinajstić information content (AvgIpc) is 2.89. The highest BCUT2D eigenvalue weighted by atomic mass is 32.1. The number of ether oxygens (including phenoxy) is 1. The van der Waals surface area contributed by atoms with Crippen LogP contribution < -0.4 is 10.1 Å². The Hall–Kier alpha value is -1.53. The van der Waals surface area contributed by atoms with Gasteiger partial charge in [0.2, 0.25) is 0 Å². The first-order valence-electron chi connectivity index (χ1n) is 6.36. The topological polar surface area (TPSA) is 59.9 Å². The molecular formula is C13H18N4OS. The molecule has 0 aliphatic heterocycles. The smallest absolute Gasteiger partial charge is 0.137 e. The lowest BCUT2D eigenvalue weighted by Crippen LogP contribution is -2.18. The minimum absolute atomic E-state index is 0.0582. The number of hydrogen-bond donors (Lipinski definition) is 1. The Bertz CT molecular complexity index is 529. The van der Waals surface area contributed by atoms with Crippen LogP contribution in [0.15, 0.2) is 18.5 Å². The van der Waals surface area contributed by atoms with Gasteiger partial charge in [-0.15, -0.1) is 5.10 Å². The van der Waals surface area contributed by atoms with Crippen LogP contribution in [0.25, 0.3) is 0 Å². The van der Waals surface area contributed by atoms with Crippen molar-refractivity contribution in [2.75, 3.05) is 13.7 Å². The summed E-state index contributed by atoms with van der Waals surface area (Å²) in [5, 5.41) is 7.46. The molecular weight excluding hydrogens is 260 g/mol. The van der Waals surface area contributed by atoms with Crippen molar-refractivity contribution >= 4 is 11.5 Å². The third-order valence-electron chi connectivity index (χ3n) is 2.85. The van der Waals surface area contributed by atoms with Crippen molar-refractivity contribution in [1.29, 1.82) is 0 Å². The van der Waals surface area contributed by atoms with Crippen molar-refractivity contribution in [3.05, 3.63) is 34.6 Å². The average molecular weight is 278 g/mol. The van der Waals surface area contributed by atoms with Gasteiger partial charge in [-0.25, -0.2) is 0 Å². The highest BCUT2D eigenvalue weighted by Gasteiger charge is 2.19. The summed E-state index contributed by atoms with van der Waals surface area (Å²) in [6.45, 7) is 4.68. The van der Waals surface area contributed by atoms with E-state index in [9.17, 15) is 0 Å². The number of nitrogens with one attached hydrogen (secondary N) is 1. The summed E-state index contributed by atoms with van der Waals surface area (Å²) < 4.78 is 9.54. The van der Waals surface area contributed by atoms with E-state index in [2.05, 4.69) is 26.8 Å². The highest BCUT2D eigenvalue weighted by molar-refractivity contribution is 7.05. The maximum atomic E-state index is 5.50. The third-order valence-corrected chi connectivity index (χ3v) is 3.68. The molecule has 19 heavy (non-hydrogen) atoms. The molecule has 2 aromatic heterocycles. The zero-order valence-corrected chi connectivity index (χ0v) is 12.2. The summed E-state index contributed by atoms with van der Waals surface area (Å²) in [5.41, 5.74) is 2.10. The molecule has 102 valence electrons. The van der Waals surface area contributed by atoms with Gasteiger partial charge in [0.05, 0.1) is 29.4 Å². The molecule has 1 unspecified atom stereocenters. The highest BCUT2D eigenvalue weighted by Crippen LogP contribution is 2.28. The van der Waals surface area contributed by atoms with Crippen molar-refractivity contribution in [2.24, 2.45) is 0 Å². The Kier molecular flexibility index (Phi) is 4.81. The number of aromatic nitrogens is 3. The molecule has 2 rings (SSSR count).